The Kier molecular flexibility index (Phi) is 3.34. The first-order valence-electron chi connectivity index (χ1n) is 5.98. The number of hydrogen-bond acceptors (Lipinski definition) is 3. The lowest BCUT2D eigenvalue weighted by Crippen LogP contribution is -2.10. The van der Waals surface area contributed by atoms with E-state index in [2.05, 4.69) is 20.8 Å². The molecule has 4 nitrogen and oxygen atoms in total. The highest BCUT2D eigenvalue weighted by Gasteiger charge is 2.14. The van der Waals surface area contributed by atoms with Gasteiger partial charge in [-0.25, -0.2) is 4.79 Å². The van der Waals surface area contributed by atoms with Crippen LogP contribution < -0.4 is 4.74 Å². The third kappa shape index (κ3) is 3.16. The van der Waals surface area contributed by atoms with Crippen molar-refractivity contribution in [3.8, 4) is 11.7 Å². The Morgan fingerprint density at radius 3 is 2.21 bits per heavy atom. The fourth-order valence-corrected chi connectivity index (χ4v) is 1.63. The van der Waals surface area contributed by atoms with Gasteiger partial charge in [0.1, 0.15) is 5.75 Å². The van der Waals surface area contributed by atoms with Crippen LogP contribution in [0.25, 0.3) is 0 Å². The van der Waals surface area contributed by atoms with Crippen LogP contribution in [0.4, 0.5) is 0 Å². The quantitative estimate of drug-likeness (QED) is 0.903. The van der Waals surface area contributed by atoms with E-state index in [4.69, 9.17) is 14.3 Å². The van der Waals surface area contributed by atoms with Gasteiger partial charge in [0.15, 0.2) is 0 Å². The van der Waals surface area contributed by atoms with Gasteiger partial charge < -0.3 is 14.3 Å². The van der Waals surface area contributed by atoms with Crippen LogP contribution in [0.1, 0.15) is 36.9 Å². The van der Waals surface area contributed by atoms with Crippen molar-refractivity contribution in [2.75, 3.05) is 0 Å². The summed E-state index contributed by atoms with van der Waals surface area (Å²) in [5, 5.41) is 8.74. The highest BCUT2D eigenvalue weighted by Crippen LogP contribution is 2.27. The molecule has 0 fully saturated rings. The number of furan rings is 1. The average molecular weight is 260 g/mol. The van der Waals surface area contributed by atoms with Crippen LogP contribution in [-0.2, 0) is 5.41 Å². The normalized spacial score (nSPS) is 11.3. The SMILES string of the molecule is CC(C)(C)c1ccc(Oc2ccc(C(=O)O)o2)cc1. The summed E-state index contributed by atoms with van der Waals surface area (Å²) in [6.45, 7) is 6.40. The lowest BCUT2D eigenvalue weighted by molar-refractivity contribution is 0.0657. The van der Waals surface area contributed by atoms with Crippen molar-refractivity contribution in [1.29, 1.82) is 0 Å². The van der Waals surface area contributed by atoms with Crippen LogP contribution in [0.3, 0.4) is 0 Å². The van der Waals surface area contributed by atoms with E-state index in [0.717, 1.165) is 0 Å². The maximum Gasteiger partial charge on any atom is 0.371 e. The number of aromatic carboxylic acids is 1. The van der Waals surface area contributed by atoms with Gasteiger partial charge in [-0.3, -0.25) is 0 Å². The molecule has 1 N–H and O–H groups in total. The minimum atomic E-state index is -1.11. The largest absolute Gasteiger partial charge is 0.475 e. The van der Waals surface area contributed by atoms with Gasteiger partial charge in [0.05, 0.1) is 0 Å². The fourth-order valence-electron chi connectivity index (χ4n) is 1.63. The second-order valence-electron chi connectivity index (χ2n) is 5.30. The first kappa shape index (κ1) is 13.2. The lowest BCUT2D eigenvalue weighted by atomic mass is 9.87. The number of rotatable bonds is 3. The molecular weight excluding hydrogens is 244 g/mol. The molecule has 0 aliphatic carbocycles. The topological polar surface area (TPSA) is 59.7 Å². The van der Waals surface area contributed by atoms with E-state index in [9.17, 15) is 4.79 Å². The Balaban J connectivity index is 2.13. The van der Waals surface area contributed by atoms with E-state index in [-0.39, 0.29) is 17.1 Å². The molecule has 4 heteroatoms. The van der Waals surface area contributed by atoms with Crippen LogP contribution in [0.15, 0.2) is 40.8 Å². The average Bonchev–Trinajstić information content (AvgIpc) is 2.77. The minimum absolute atomic E-state index is 0.0830. The summed E-state index contributed by atoms with van der Waals surface area (Å²) in [6.07, 6.45) is 0. The van der Waals surface area contributed by atoms with Gasteiger partial charge in [-0.15, -0.1) is 0 Å². The molecule has 1 aromatic carbocycles. The van der Waals surface area contributed by atoms with Gasteiger partial charge in [-0.05, 0) is 29.2 Å². The van der Waals surface area contributed by atoms with E-state index >= 15 is 0 Å². The van der Waals surface area contributed by atoms with E-state index in [1.165, 1.54) is 17.7 Å². The highest BCUT2D eigenvalue weighted by atomic mass is 16.6. The van der Waals surface area contributed by atoms with E-state index in [1.807, 2.05) is 24.3 Å². The van der Waals surface area contributed by atoms with Crippen molar-refractivity contribution >= 4 is 5.97 Å². The summed E-state index contributed by atoms with van der Waals surface area (Å²) in [5.74, 6) is -0.473. The number of carboxylic acids is 1. The zero-order valence-electron chi connectivity index (χ0n) is 11.1. The first-order valence-corrected chi connectivity index (χ1v) is 5.98. The van der Waals surface area contributed by atoms with Gasteiger partial charge in [0, 0.05) is 6.07 Å². The number of benzene rings is 1. The van der Waals surface area contributed by atoms with Crippen LogP contribution in [0.2, 0.25) is 0 Å². The number of carboxylic acid groups (broad SMARTS) is 1. The van der Waals surface area contributed by atoms with Crippen molar-refractivity contribution in [3.63, 3.8) is 0 Å². The monoisotopic (exact) mass is 260 g/mol. The molecule has 0 spiro atoms. The molecule has 0 atom stereocenters. The zero-order valence-corrected chi connectivity index (χ0v) is 11.1. The molecule has 0 radical (unpaired) electrons. The second-order valence-corrected chi connectivity index (χ2v) is 5.30. The Hall–Kier alpha value is -2.23. The molecular formula is C15H16O4. The summed E-state index contributed by atoms with van der Waals surface area (Å²) >= 11 is 0. The number of carbonyl (C=O) groups is 1. The predicted octanol–water partition coefficient (Wildman–Crippen LogP) is 4.07. The Morgan fingerprint density at radius 1 is 1.11 bits per heavy atom. The predicted molar refractivity (Wildman–Crippen MR) is 70.9 cm³/mol. The number of ether oxygens (including phenoxy) is 1. The van der Waals surface area contributed by atoms with Crippen molar-refractivity contribution in [3.05, 3.63) is 47.7 Å². The van der Waals surface area contributed by atoms with Gasteiger partial charge >= 0.3 is 5.97 Å². The standard InChI is InChI=1S/C15H16O4/c1-15(2,3)10-4-6-11(7-5-10)18-13-9-8-12(19-13)14(16)17/h4-9H,1-3H3,(H,16,17). The molecule has 2 aromatic rings. The summed E-state index contributed by atoms with van der Waals surface area (Å²) in [4.78, 5) is 10.7. The fraction of sp³-hybridized carbons (Fsp3) is 0.267. The summed E-state index contributed by atoms with van der Waals surface area (Å²) in [7, 11) is 0. The molecule has 0 aliphatic rings. The first-order chi connectivity index (χ1) is 8.86. The highest BCUT2D eigenvalue weighted by molar-refractivity contribution is 5.84. The molecule has 0 unspecified atom stereocenters. The summed E-state index contributed by atoms with van der Waals surface area (Å²) in [6, 6.07) is 10.5. The maximum absolute atomic E-state index is 10.7. The van der Waals surface area contributed by atoms with Gasteiger partial charge in [-0.1, -0.05) is 32.9 Å². The summed E-state index contributed by atoms with van der Waals surface area (Å²) < 4.78 is 10.5. The molecule has 0 bridgehead atoms. The van der Waals surface area contributed by atoms with Crippen LogP contribution >= 0.6 is 0 Å². The van der Waals surface area contributed by atoms with E-state index < -0.39 is 5.97 Å². The molecule has 19 heavy (non-hydrogen) atoms. The van der Waals surface area contributed by atoms with Crippen molar-refractivity contribution < 1.29 is 19.1 Å². The van der Waals surface area contributed by atoms with Gasteiger partial charge in [0.2, 0.25) is 5.76 Å². The van der Waals surface area contributed by atoms with Gasteiger partial charge in [-0.2, -0.15) is 0 Å². The maximum atomic E-state index is 10.7. The van der Waals surface area contributed by atoms with E-state index in [0.29, 0.717) is 5.75 Å². The van der Waals surface area contributed by atoms with Crippen LogP contribution in [0.5, 0.6) is 11.7 Å². The molecule has 2 rings (SSSR count). The van der Waals surface area contributed by atoms with E-state index in [1.54, 1.807) is 0 Å². The Morgan fingerprint density at radius 2 is 1.74 bits per heavy atom. The smallest absolute Gasteiger partial charge is 0.371 e. The molecule has 0 aliphatic heterocycles. The molecule has 0 saturated carbocycles. The third-order valence-corrected chi connectivity index (χ3v) is 2.73. The van der Waals surface area contributed by atoms with Crippen LogP contribution in [0, 0.1) is 0 Å². The van der Waals surface area contributed by atoms with Crippen LogP contribution in [-0.4, -0.2) is 11.1 Å². The van der Waals surface area contributed by atoms with Crippen molar-refractivity contribution in [1.82, 2.24) is 0 Å². The zero-order chi connectivity index (χ0) is 14.0. The van der Waals surface area contributed by atoms with Crippen molar-refractivity contribution in [2.45, 2.75) is 26.2 Å². The molecule has 0 saturated heterocycles. The molecule has 1 heterocycles. The number of hydrogen-bond donors (Lipinski definition) is 1. The Bertz CT molecular complexity index is 573. The third-order valence-electron chi connectivity index (χ3n) is 2.73. The van der Waals surface area contributed by atoms with Crippen molar-refractivity contribution in [2.24, 2.45) is 0 Å². The summed E-state index contributed by atoms with van der Waals surface area (Å²) in [5.41, 5.74) is 1.28. The second kappa shape index (κ2) is 4.80. The molecule has 0 amide bonds. The molecule has 100 valence electrons. The lowest BCUT2D eigenvalue weighted by Gasteiger charge is -2.18. The van der Waals surface area contributed by atoms with Gasteiger partial charge in [0.25, 0.3) is 5.95 Å². The molecule has 1 aromatic heterocycles. The minimum Gasteiger partial charge on any atom is -0.475 e. The Labute approximate surface area is 111 Å².